The Morgan fingerprint density at radius 3 is 2.82 bits per heavy atom. The van der Waals surface area contributed by atoms with Crippen molar-refractivity contribution in [2.75, 3.05) is 31.1 Å². The smallest absolute Gasteiger partial charge is 0.225 e. The summed E-state index contributed by atoms with van der Waals surface area (Å²) in [5.74, 6) is 0.369. The van der Waals surface area contributed by atoms with E-state index in [1.807, 2.05) is 13.0 Å². The highest BCUT2D eigenvalue weighted by molar-refractivity contribution is 9.10. The van der Waals surface area contributed by atoms with Gasteiger partial charge in [-0.2, -0.15) is 4.98 Å². The third-order valence-corrected chi connectivity index (χ3v) is 5.89. The molecule has 3 heterocycles. The summed E-state index contributed by atoms with van der Waals surface area (Å²) in [6.45, 7) is 5.80. The number of rotatable bonds is 1. The average Bonchev–Trinajstić information content (AvgIpc) is 2.91. The van der Waals surface area contributed by atoms with E-state index in [1.165, 1.54) is 0 Å². The van der Waals surface area contributed by atoms with Crippen molar-refractivity contribution in [2.45, 2.75) is 13.3 Å². The highest BCUT2D eigenvalue weighted by Gasteiger charge is 2.43. The molecule has 0 bridgehead atoms. The fourth-order valence-electron chi connectivity index (χ4n) is 3.41. The normalized spacial score (nSPS) is 19.9. The molecule has 1 spiro atoms. The van der Waals surface area contributed by atoms with Gasteiger partial charge in [-0.25, -0.2) is 9.37 Å². The van der Waals surface area contributed by atoms with E-state index in [1.54, 1.807) is 0 Å². The molecule has 2 saturated heterocycles. The summed E-state index contributed by atoms with van der Waals surface area (Å²) in [7, 11) is 0. The van der Waals surface area contributed by atoms with Crippen molar-refractivity contribution in [1.29, 1.82) is 0 Å². The number of anilines is 1. The summed E-state index contributed by atoms with van der Waals surface area (Å²) in [5, 5.41) is 4.15. The maximum absolute atomic E-state index is 14.5. The van der Waals surface area contributed by atoms with E-state index in [-0.39, 0.29) is 16.6 Å². The van der Waals surface area contributed by atoms with Crippen LogP contribution >= 0.6 is 27.5 Å². The topological polar surface area (TPSA) is 41.0 Å². The number of halogens is 3. The maximum atomic E-state index is 14.5. The van der Waals surface area contributed by atoms with E-state index in [0.29, 0.717) is 9.89 Å². The molecule has 22 heavy (non-hydrogen) atoms. The number of nitrogens with zero attached hydrogens (tertiary/aromatic N) is 3. The lowest BCUT2D eigenvalue weighted by Crippen LogP contribution is -2.54. The summed E-state index contributed by atoms with van der Waals surface area (Å²) in [6, 6.07) is 1.93. The molecule has 2 aliphatic rings. The Kier molecular flexibility index (Phi) is 3.33. The highest BCUT2D eigenvalue weighted by atomic mass is 79.9. The predicted molar refractivity (Wildman–Crippen MR) is 89.1 cm³/mol. The fourth-order valence-corrected chi connectivity index (χ4v) is 3.88. The van der Waals surface area contributed by atoms with Gasteiger partial charge in [-0.05, 0) is 52.5 Å². The van der Waals surface area contributed by atoms with Crippen molar-refractivity contribution in [2.24, 2.45) is 5.41 Å². The minimum atomic E-state index is -0.375. The van der Waals surface area contributed by atoms with Crippen LogP contribution in [0.4, 0.5) is 10.2 Å². The lowest BCUT2D eigenvalue weighted by molar-refractivity contribution is 0.199. The van der Waals surface area contributed by atoms with E-state index in [0.717, 1.165) is 49.4 Å². The standard InChI is InChI=1S/C15H15BrClFN4/c1-8-4-9-12(11(18)10(8)16)20-14(17)21-13(9)22-3-2-15(7-22)5-19-6-15/h4,19H,2-3,5-7H2,1H3. The zero-order valence-electron chi connectivity index (χ0n) is 12.1. The summed E-state index contributed by atoms with van der Waals surface area (Å²) in [4.78, 5) is 10.7. The Balaban J connectivity index is 1.87. The SMILES string of the molecule is Cc1cc2c(N3CCC4(CNC4)C3)nc(Cl)nc2c(F)c1Br. The van der Waals surface area contributed by atoms with Crippen LogP contribution in [0.5, 0.6) is 0 Å². The van der Waals surface area contributed by atoms with Crippen molar-refractivity contribution < 1.29 is 4.39 Å². The summed E-state index contributed by atoms with van der Waals surface area (Å²) < 4.78 is 14.9. The highest BCUT2D eigenvalue weighted by Crippen LogP contribution is 2.39. The number of aryl methyl sites for hydroxylation is 1. The predicted octanol–water partition coefficient (Wildman–Crippen LogP) is 3.29. The van der Waals surface area contributed by atoms with E-state index in [4.69, 9.17) is 11.6 Å². The molecule has 1 aromatic heterocycles. The summed E-state index contributed by atoms with van der Waals surface area (Å²) in [5.41, 5.74) is 1.45. The molecule has 7 heteroatoms. The molecule has 0 saturated carbocycles. The lowest BCUT2D eigenvalue weighted by Gasteiger charge is -2.39. The first kappa shape index (κ1) is 14.6. The second kappa shape index (κ2) is 5.01. The maximum Gasteiger partial charge on any atom is 0.225 e. The zero-order valence-corrected chi connectivity index (χ0v) is 14.4. The minimum absolute atomic E-state index is 0.0878. The molecule has 2 fully saturated rings. The van der Waals surface area contributed by atoms with Crippen LogP contribution < -0.4 is 10.2 Å². The van der Waals surface area contributed by atoms with Crippen molar-refractivity contribution in [3.8, 4) is 0 Å². The van der Waals surface area contributed by atoms with E-state index < -0.39 is 0 Å². The molecule has 1 aromatic carbocycles. The largest absolute Gasteiger partial charge is 0.355 e. The van der Waals surface area contributed by atoms with Gasteiger partial charge in [0, 0.05) is 37.0 Å². The average molecular weight is 386 g/mol. The second-order valence-electron chi connectivity index (χ2n) is 6.31. The molecule has 0 aliphatic carbocycles. The third kappa shape index (κ3) is 2.12. The fraction of sp³-hybridized carbons (Fsp3) is 0.467. The molecular weight excluding hydrogens is 371 g/mol. The van der Waals surface area contributed by atoms with Crippen LogP contribution in [0.3, 0.4) is 0 Å². The van der Waals surface area contributed by atoms with Gasteiger partial charge in [-0.1, -0.05) is 0 Å². The van der Waals surface area contributed by atoms with Crippen LogP contribution in [-0.2, 0) is 0 Å². The number of benzene rings is 1. The quantitative estimate of drug-likeness (QED) is 0.765. The van der Waals surface area contributed by atoms with Crippen molar-refractivity contribution in [1.82, 2.24) is 15.3 Å². The molecule has 0 atom stereocenters. The molecule has 116 valence electrons. The zero-order chi connectivity index (χ0) is 15.5. The van der Waals surface area contributed by atoms with Gasteiger partial charge in [0.1, 0.15) is 11.3 Å². The molecule has 4 rings (SSSR count). The van der Waals surface area contributed by atoms with Gasteiger partial charge in [0.25, 0.3) is 0 Å². The first-order chi connectivity index (χ1) is 10.5. The number of nitrogens with one attached hydrogen (secondary N) is 1. The number of aromatic nitrogens is 2. The van der Waals surface area contributed by atoms with Gasteiger partial charge in [0.2, 0.25) is 5.28 Å². The number of hydrogen-bond acceptors (Lipinski definition) is 4. The van der Waals surface area contributed by atoms with Gasteiger partial charge in [0.05, 0.1) is 4.47 Å². The van der Waals surface area contributed by atoms with Crippen LogP contribution in [-0.4, -0.2) is 36.1 Å². The molecular formula is C15H15BrClFN4. The van der Waals surface area contributed by atoms with Gasteiger partial charge >= 0.3 is 0 Å². The second-order valence-corrected chi connectivity index (χ2v) is 7.44. The van der Waals surface area contributed by atoms with Crippen LogP contribution in [0, 0.1) is 18.2 Å². The molecule has 2 aliphatic heterocycles. The molecule has 1 N–H and O–H groups in total. The first-order valence-corrected chi connectivity index (χ1v) is 8.44. The van der Waals surface area contributed by atoms with Crippen LogP contribution in [0.15, 0.2) is 10.5 Å². The van der Waals surface area contributed by atoms with E-state index >= 15 is 0 Å². The van der Waals surface area contributed by atoms with E-state index in [9.17, 15) is 4.39 Å². The first-order valence-electron chi connectivity index (χ1n) is 7.27. The Bertz CT molecular complexity index is 778. The summed E-state index contributed by atoms with van der Waals surface area (Å²) >= 11 is 9.31. The Morgan fingerprint density at radius 2 is 2.18 bits per heavy atom. The van der Waals surface area contributed by atoms with Crippen LogP contribution in [0.25, 0.3) is 10.9 Å². The number of hydrogen-bond donors (Lipinski definition) is 1. The Hall–Kier alpha value is -0.980. The Morgan fingerprint density at radius 1 is 1.41 bits per heavy atom. The Labute approximate surface area is 141 Å². The van der Waals surface area contributed by atoms with Gasteiger partial charge in [-0.3, -0.25) is 0 Å². The summed E-state index contributed by atoms with van der Waals surface area (Å²) in [6.07, 6.45) is 1.13. The van der Waals surface area contributed by atoms with Gasteiger partial charge in [-0.15, -0.1) is 0 Å². The molecule has 0 unspecified atom stereocenters. The van der Waals surface area contributed by atoms with Crippen LogP contribution in [0.2, 0.25) is 5.28 Å². The van der Waals surface area contributed by atoms with E-state index in [2.05, 4.69) is 36.1 Å². The van der Waals surface area contributed by atoms with Crippen LogP contribution in [0.1, 0.15) is 12.0 Å². The molecule has 4 nitrogen and oxygen atoms in total. The molecule has 0 radical (unpaired) electrons. The molecule has 2 aromatic rings. The third-order valence-electron chi connectivity index (χ3n) is 4.74. The van der Waals surface area contributed by atoms with Crippen molar-refractivity contribution in [3.05, 3.63) is 27.2 Å². The minimum Gasteiger partial charge on any atom is -0.355 e. The van der Waals surface area contributed by atoms with Crippen molar-refractivity contribution >= 4 is 44.3 Å². The monoisotopic (exact) mass is 384 g/mol. The van der Waals surface area contributed by atoms with Gasteiger partial charge < -0.3 is 10.2 Å². The number of fused-ring (bicyclic) bond motifs is 1. The van der Waals surface area contributed by atoms with Gasteiger partial charge in [0.15, 0.2) is 5.82 Å². The van der Waals surface area contributed by atoms with Crippen molar-refractivity contribution in [3.63, 3.8) is 0 Å². The lowest BCUT2D eigenvalue weighted by atomic mass is 9.81. The molecule has 0 amide bonds.